The highest BCUT2D eigenvalue weighted by Crippen LogP contribution is 2.16. The van der Waals surface area contributed by atoms with Gasteiger partial charge in [-0.1, -0.05) is 12.1 Å². The molecule has 1 aromatic carbocycles. The first-order valence-corrected chi connectivity index (χ1v) is 5.66. The van der Waals surface area contributed by atoms with Crippen LogP contribution in [-0.4, -0.2) is 22.7 Å². The zero-order chi connectivity index (χ0) is 11.5. The van der Waals surface area contributed by atoms with E-state index in [0.29, 0.717) is 0 Å². The van der Waals surface area contributed by atoms with E-state index in [4.69, 9.17) is 5.84 Å². The highest BCUT2D eigenvalue weighted by atomic mass is 32.2. The number of rotatable bonds is 3. The lowest BCUT2D eigenvalue weighted by molar-refractivity contribution is 0.611. The van der Waals surface area contributed by atoms with Crippen LogP contribution in [0.1, 0.15) is 11.3 Å². The molecule has 2 aromatic rings. The Balaban J connectivity index is 2.22. The first-order chi connectivity index (χ1) is 7.65. The Labute approximate surface area is 98.8 Å². The van der Waals surface area contributed by atoms with Crippen LogP contribution in [-0.2, 0) is 0 Å². The number of aryl methyl sites for hydroxylation is 1. The van der Waals surface area contributed by atoms with Crippen LogP contribution >= 0.6 is 12.1 Å². The zero-order valence-electron chi connectivity index (χ0n) is 9.27. The average Bonchev–Trinajstić information content (AvgIpc) is 2.56. The van der Waals surface area contributed by atoms with Crippen molar-refractivity contribution >= 4 is 29.3 Å². The number of aromatic amines is 1. The van der Waals surface area contributed by atoms with Gasteiger partial charge in [0.25, 0.3) is 0 Å². The van der Waals surface area contributed by atoms with Gasteiger partial charge < -0.3 is 4.98 Å². The van der Waals surface area contributed by atoms with Crippen LogP contribution in [0.4, 0.5) is 0 Å². The monoisotopic (exact) mass is 234 g/mol. The van der Waals surface area contributed by atoms with Crippen molar-refractivity contribution in [3.63, 3.8) is 0 Å². The SMILES string of the molecule is Cc1cc2ccc(C=NSN(C)N)cc2[nH]1. The summed E-state index contributed by atoms with van der Waals surface area (Å²) >= 11 is 1.21. The normalized spacial score (nSPS) is 12.0. The van der Waals surface area contributed by atoms with Gasteiger partial charge in [0.15, 0.2) is 0 Å². The molecule has 2 rings (SSSR count). The fraction of sp³-hybridized carbons (Fsp3) is 0.182. The highest BCUT2D eigenvalue weighted by molar-refractivity contribution is 7.95. The predicted octanol–water partition coefficient (Wildman–Crippen LogP) is 2.26. The van der Waals surface area contributed by atoms with Gasteiger partial charge in [-0.3, -0.25) is 5.84 Å². The van der Waals surface area contributed by atoms with Crippen LogP contribution in [0, 0.1) is 6.92 Å². The van der Waals surface area contributed by atoms with Gasteiger partial charge in [0.2, 0.25) is 0 Å². The number of nitrogens with one attached hydrogen (secondary N) is 1. The van der Waals surface area contributed by atoms with Gasteiger partial charge in [0.05, 0.1) is 12.1 Å². The quantitative estimate of drug-likeness (QED) is 0.371. The maximum Gasteiger partial charge on any atom is 0.0765 e. The molecule has 0 saturated carbocycles. The molecule has 1 aromatic heterocycles. The second-order valence-corrected chi connectivity index (χ2v) is 4.61. The van der Waals surface area contributed by atoms with Crippen LogP contribution in [0.25, 0.3) is 10.9 Å². The molecular weight excluding hydrogens is 220 g/mol. The molecule has 0 unspecified atom stereocenters. The second kappa shape index (κ2) is 4.69. The van der Waals surface area contributed by atoms with Crippen molar-refractivity contribution in [2.75, 3.05) is 7.05 Å². The standard InChI is InChI=1S/C11H14N4S/c1-8-5-10-4-3-9(6-11(10)14-8)7-13-16-15(2)12/h3-7,14H,12H2,1-2H3. The summed E-state index contributed by atoms with van der Waals surface area (Å²) < 4.78 is 5.59. The molecule has 0 aliphatic rings. The van der Waals surface area contributed by atoms with Gasteiger partial charge in [-0.15, -0.1) is 0 Å². The predicted molar refractivity (Wildman–Crippen MR) is 70.2 cm³/mol. The van der Waals surface area contributed by atoms with Gasteiger partial charge in [0, 0.05) is 24.5 Å². The Hall–Kier alpha value is -1.30. The van der Waals surface area contributed by atoms with E-state index < -0.39 is 0 Å². The van der Waals surface area contributed by atoms with Crippen LogP contribution < -0.4 is 5.84 Å². The molecule has 0 saturated heterocycles. The third kappa shape index (κ3) is 2.63. The van der Waals surface area contributed by atoms with Gasteiger partial charge in [0.1, 0.15) is 0 Å². The smallest absolute Gasteiger partial charge is 0.0765 e. The van der Waals surface area contributed by atoms with Crippen molar-refractivity contribution in [3.8, 4) is 0 Å². The average molecular weight is 234 g/mol. The number of hydrogen-bond donors (Lipinski definition) is 2. The minimum Gasteiger partial charge on any atom is -0.359 e. The Morgan fingerprint density at radius 1 is 1.44 bits per heavy atom. The number of hydrazine groups is 1. The Morgan fingerprint density at radius 3 is 3.00 bits per heavy atom. The van der Waals surface area contributed by atoms with E-state index in [1.54, 1.807) is 13.3 Å². The first kappa shape index (κ1) is 11.2. The van der Waals surface area contributed by atoms with E-state index in [9.17, 15) is 0 Å². The third-order valence-corrected chi connectivity index (χ3v) is 2.62. The van der Waals surface area contributed by atoms with Crippen molar-refractivity contribution in [1.29, 1.82) is 0 Å². The van der Waals surface area contributed by atoms with Crippen molar-refractivity contribution in [3.05, 3.63) is 35.5 Å². The maximum absolute atomic E-state index is 5.43. The molecule has 16 heavy (non-hydrogen) atoms. The summed E-state index contributed by atoms with van der Waals surface area (Å²) in [5, 5.41) is 1.22. The molecule has 3 N–H and O–H groups in total. The molecule has 0 bridgehead atoms. The maximum atomic E-state index is 5.43. The van der Waals surface area contributed by atoms with Crippen LogP contribution in [0.5, 0.6) is 0 Å². The summed E-state index contributed by atoms with van der Waals surface area (Å²) in [4.78, 5) is 3.29. The highest BCUT2D eigenvalue weighted by Gasteiger charge is 1.97. The lowest BCUT2D eigenvalue weighted by Crippen LogP contribution is -2.15. The van der Waals surface area contributed by atoms with Gasteiger partial charge >= 0.3 is 0 Å². The number of benzene rings is 1. The Kier molecular flexibility index (Phi) is 3.28. The lowest BCUT2D eigenvalue weighted by Gasteiger charge is -2.00. The van der Waals surface area contributed by atoms with Crippen molar-refractivity contribution in [2.45, 2.75) is 6.92 Å². The molecule has 84 valence electrons. The second-order valence-electron chi connectivity index (χ2n) is 3.66. The first-order valence-electron chi connectivity index (χ1n) is 4.93. The van der Waals surface area contributed by atoms with E-state index in [1.807, 2.05) is 13.0 Å². The van der Waals surface area contributed by atoms with Gasteiger partial charge in [-0.2, -0.15) is 4.41 Å². The fourth-order valence-corrected chi connectivity index (χ4v) is 1.85. The number of hydrogen-bond acceptors (Lipinski definition) is 4. The van der Waals surface area contributed by atoms with Crippen LogP contribution in [0.3, 0.4) is 0 Å². The van der Waals surface area contributed by atoms with Crippen molar-refractivity contribution in [1.82, 2.24) is 9.40 Å². The van der Waals surface area contributed by atoms with E-state index in [-0.39, 0.29) is 0 Å². The molecule has 0 spiro atoms. The van der Waals surface area contributed by atoms with Gasteiger partial charge in [-0.25, -0.2) is 4.40 Å². The largest absolute Gasteiger partial charge is 0.359 e. The summed E-state index contributed by atoms with van der Waals surface area (Å²) in [6, 6.07) is 8.31. The number of fused-ring (bicyclic) bond motifs is 1. The molecule has 0 aliphatic carbocycles. The summed E-state index contributed by atoms with van der Waals surface area (Å²) in [6.45, 7) is 2.05. The van der Waals surface area contributed by atoms with Gasteiger partial charge in [-0.05, 0) is 30.0 Å². The van der Waals surface area contributed by atoms with Crippen LogP contribution in [0.15, 0.2) is 28.7 Å². The Morgan fingerprint density at radius 2 is 2.25 bits per heavy atom. The number of nitrogens with two attached hydrogens (primary N) is 1. The summed E-state index contributed by atoms with van der Waals surface area (Å²) in [7, 11) is 1.75. The van der Waals surface area contributed by atoms with Crippen LogP contribution in [0.2, 0.25) is 0 Å². The minimum atomic E-state index is 1.06. The summed E-state index contributed by atoms with van der Waals surface area (Å²) in [5.41, 5.74) is 3.36. The number of nitrogens with zero attached hydrogens (tertiary/aromatic N) is 2. The molecule has 0 aliphatic heterocycles. The van der Waals surface area contributed by atoms with E-state index in [2.05, 4.69) is 27.6 Å². The molecule has 5 heteroatoms. The molecule has 0 fully saturated rings. The van der Waals surface area contributed by atoms with Crippen molar-refractivity contribution < 1.29 is 0 Å². The molecule has 1 heterocycles. The molecule has 4 nitrogen and oxygen atoms in total. The molecule has 0 radical (unpaired) electrons. The topological polar surface area (TPSA) is 57.4 Å². The summed E-state index contributed by atoms with van der Waals surface area (Å²) in [6.07, 6.45) is 1.80. The van der Waals surface area contributed by atoms with E-state index in [1.165, 1.54) is 27.6 Å². The number of H-pyrrole nitrogens is 1. The number of aromatic nitrogens is 1. The minimum absolute atomic E-state index is 1.06. The molecule has 0 atom stereocenters. The fourth-order valence-electron chi connectivity index (χ4n) is 1.53. The lowest BCUT2D eigenvalue weighted by atomic mass is 10.2. The van der Waals surface area contributed by atoms with Crippen molar-refractivity contribution in [2.24, 2.45) is 10.2 Å². The van der Waals surface area contributed by atoms with E-state index in [0.717, 1.165) is 11.1 Å². The van der Waals surface area contributed by atoms with E-state index >= 15 is 0 Å². The molecule has 0 amide bonds. The molecular formula is C11H14N4S. The third-order valence-electron chi connectivity index (χ3n) is 2.16. The summed E-state index contributed by atoms with van der Waals surface area (Å²) in [5.74, 6) is 5.43. The zero-order valence-corrected chi connectivity index (χ0v) is 10.1. The Bertz CT molecular complexity index is 516.